The van der Waals surface area contributed by atoms with Gasteiger partial charge in [0.05, 0.1) is 11.1 Å². The van der Waals surface area contributed by atoms with Crippen molar-refractivity contribution in [2.45, 2.75) is 25.9 Å². The molecule has 29 heavy (non-hydrogen) atoms. The number of alkyl halides is 6. The highest BCUT2D eigenvalue weighted by molar-refractivity contribution is 8.21. The Morgan fingerprint density at radius 3 is 2.14 bits per heavy atom. The van der Waals surface area contributed by atoms with E-state index < -0.39 is 35.6 Å². The van der Waals surface area contributed by atoms with Crippen LogP contribution in [0.1, 0.15) is 29.2 Å². The first kappa shape index (κ1) is 21.3. The fourth-order valence-electron chi connectivity index (χ4n) is 2.73. The average molecular weight is 432 g/mol. The molecule has 1 heterocycles. The van der Waals surface area contributed by atoms with Crippen LogP contribution in [0.15, 0.2) is 48.5 Å². The molecular formula is C20H14F6O2S. The number of allylic oxidation sites excluding steroid dienone is 1. The number of hydrogen-bond donors (Lipinski definition) is 0. The predicted molar refractivity (Wildman–Crippen MR) is 97.0 cm³/mol. The van der Waals surface area contributed by atoms with Crippen molar-refractivity contribution in [3.63, 3.8) is 0 Å². The van der Waals surface area contributed by atoms with E-state index >= 15 is 0 Å². The number of carbonyl (C=O) groups excluding carboxylic acids is 1. The van der Waals surface area contributed by atoms with Crippen LogP contribution in [0.25, 0.3) is 4.91 Å². The van der Waals surface area contributed by atoms with E-state index in [0.29, 0.717) is 18.2 Å². The van der Waals surface area contributed by atoms with Crippen LogP contribution in [0.2, 0.25) is 0 Å². The van der Waals surface area contributed by atoms with Crippen LogP contribution in [-0.4, -0.2) is 5.12 Å². The second kappa shape index (κ2) is 7.78. The summed E-state index contributed by atoms with van der Waals surface area (Å²) in [6, 6.07) is 7.51. The first-order chi connectivity index (χ1) is 13.4. The van der Waals surface area contributed by atoms with Gasteiger partial charge in [0.2, 0.25) is 0 Å². The predicted octanol–water partition coefficient (Wildman–Crippen LogP) is 6.55. The molecule has 1 atom stereocenters. The zero-order valence-electron chi connectivity index (χ0n) is 14.9. The minimum atomic E-state index is -4.80. The molecule has 0 amide bonds. The standard InChI is InChI=1S/C20H14F6O2S/c1-11-8-17(29-18(11)27)12-2-5-15(6-3-12)28-10-13-9-14(19(21,22)23)4-7-16(13)20(24,25)26/h2-9,11H,10H2,1H3. The maximum absolute atomic E-state index is 13.1. The lowest BCUT2D eigenvalue weighted by molar-refractivity contribution is -0.142. The second-order valence-corrected chi connectivity index (χ2v) is 7.47. The molecule has 0 bridgehead atoms. The van der Waals surface area contributed by atoms with E-state index in [1.54, 1.807) is 25.1 Å². The summed E-state index contributed by atoms with van der Waals surface area (Å²) in [5.41, 5.74) is -2.22. The Hall–Kier alpha value is -2.42. The van der Waals surface area contributed by atoms with Crippen molar-refractivity contribution in [3.8, 4) is 5.75 Å². The van der Waals surface area contributed by atoms with Crippen molar-refractivity contribution in [2.75, 3.05) is 0 Å². The molecule has 1 aliphatic heterocycles. The minimum absolute atomic E-state index is 0.0181. The lowest BCUT2D eigenvalue weighted by atomic mass is 10.0. The Morgan fingerprint density at radius 1 is 0.966 bits per heavy atom. The summed E-state index contributed by atoms with van der Waals surface area (Å²) in [7, 11) is 0. The molecule has 0 spiro atoms. The van der Waals surface area contributed by atoms with Crippen molar-refractivity contribution in [3.05, 3.63) is 70.8 Å². The Balaban J connectivity index is 1.78. The molecule has 3 rings (SSSR count). The topological polar surface area (TPSA) is 26.3 Å². The highest BCUT2D eigenvalue weighted by Gasteiger charge is 2.37. The van der Waals surface area contributed by atoms with Crippen LogP contribution in [0.5, 0.6) is 5.75 Å². The van der Waals surface area contributed by atoms with Gasteiger partial charge in [0, 0.05) is 16.4 Å². The van der Waals surface area contributed by atoms with Gasteiger partial charge in [0.25, 0.3) is 0 Å². The highest BCUT2D eigenvalue weighted by atomic mass is 32.2. The van der Waals surface area contributed by atoms with E-state index in [4.69, 9.17) is 4.74 Å². The molecule has 154 valence electrons. The van der Waals surface area contributed by atoms with E-state index in [1.807, 2.05) is 0 Å². The molecule has 2 aromatic carbocycles. The SMILES string of the molecule is CC1C=C(c2ccc(OCc3cc(C(F)(F)F)ccc3C(F)(F)F)cc2)SC1=O. The van der Waals surface area contributed by atoms with Crippen molar-refractivity contribution >= 4 is 21.8 Å². The van der Waals surface area contributed by atoms with Gasteiger partial charge in [-0.25, -0.2) is 0 Å². The molecule has 1 unspecified atom stereocenters. The first-order valence-electron chi connectivity index (χ1n) is 8.39. The molecule has 0 aromatic heterocycles. The summed E-state index contributed by atoms with van der Waals surface area (Å²) < 4.78 is 83.2. The van der Waals surface area contributed by atoms with Crippen molar-refractivity contribution in [1.82, 2.24) is 0 Å². The number of halogens is 6. The van der Waals surface area contributed by atoms with Gasteiger partial charge in [0.1, 0.15) is 12.4 Å². The van der Waals surface area contributed by atoms with E-state index in [-0.39, 0.29) is 16.8 Å². The molecule has 0 fully saturated rings. The largest absolute Gasteiger partial charge is 0.489 e. The lowest BCUT2D eigenvalue weighted by Gasteiger charge is -2.16. The molecule has 9 heteroatoms. The van der Waals surface area contributed by atoms with E-state index in [1.165, 1.54) is 12.1 Å². The molecule has 0 radical (unpaired) electrons. The molecule has 1 aliphatic rings. The third-order valence-electron chi connectivity index (χ3n) is 4.25. The quantitative estimate of drug-likeness (QED) is 0.513. The molecule has 2 nitrogen and oxygen atoms in total. The van der Waals surface area contributed by atoms with Crippen LogP contribution in [0.4, 0.5) is 26.3 Å². The minimum Gasteiger partial charge on any atom is -0.489 e. The highest BCUT2D eigenvalue weighted by Crippen LogP contribution is 2.39. The average Bonchev–Trinajstić information content (AvgIpc) is 2.97. The van der Waals surface area contributed by atoms with Crippen LogP contribution in [-0.2, 0) is 23.8 Å². The van der Waals surface area contributed by atoms with E-state index in [0.717, 1.165) is 22.2 Å². The molecule has 0 aliphatic carbocycles. The summed E-state index contributed by atoms with van der Waals surface area (Å²) in [6.07, 6.45) is -7.76. The summed E-state index contributed by atoms with van der Waals surface area (Å²) in [5.74, 6) is -0.00474. The van der Waals surface area contributed by atoms with Crippen molar-refractivity contribution in [2.24, 2.45) is 5.92 Å². The van der Waals surface area contributed by atoms with E-state index in [9.17, 15) is 31.1 Å². The first-order valence-corrected chi connectivity index (χ1v) is 9.21. The van der Waals surface area contributed by atoms with Gasteiger partial charge in [-0.15, -0.1) is 0 Å². The second-order valence-electron chi connectivity index (χ2n) is 6.42. The zero-order chi connectivity index (χ0) is 21.4. The van der Waals surface area contributed by atoms with Gasteiger partial charge in [-0.3, -0.25) is 4.79 Å². The Kier molecular flexibility index (Phi) is 5.71. The number of rotatable bonds is 4. The van der Waals surface area contributed by atoms with Crippen molar-refractivity contribution < 1.29 is 35.9 Å². The number of thioether (sulfide) groups is 1. The Morgan fingerprint density at radius 2 is 1.62 bits per heavy atom. The Bertz CT molecular complexity index is 945. The lowest BCUT2D eigenvalue weighted by Crippen LogP contribution is -2.14. The van der Waals surface area contributed by atoms with Gasteiger partial charge in [-0.1, -0.05) is 36.9 Å². The molecule has 0 N–H and O–H groups in total. The maximum Gasteiger partial charge on any atom is 0.416 e. The fourth-order valence-corrected chi connectivity index (χ4v) is 3.72. The van der Waals surface area contributed by atoms with Gasteiger partial charge in [0.15, 0.2) is 5.12 Å². The molecule has 0 saturated carbocycles. The zero-order valence-corrected chi connectivity index (χ0v) is 15.7. The number of hydrogen-bond acceptors (Lipinski definition) is 3. The Labute approximate surface area is 166 Å². The number of ether oxygens (including phenoxy) is 1. The van der Waals surface area contributed by atoms with Crippen LogP contribution in [0.3, 0.4) is 0 Å². The van der Waals surface area contributed by atoms with Crippen LogP contribution in [0, 0.1) is 5.92 Å². The van der Waals surface area contributed by atoms with Gasteiger partial charge >= 0.3 is 12.4 Å². The third kappa shape index (κ3) is 4.95. The van der Waals surface area contributed by atoms with Crippen molar-refractivity contribution in [1.29, 1.82) is 0 Å². The van der Waals surface area contributed by atoms with Crippen LogP contribution < -0.4 is 4.74 Å². The monoisotopic (exact) mass is 432 g/mol. The molecular weight excluding hydrogens is 418 g/mol. The summed E-state index contributed by atoms with van der Waals surface area (Å²) in [4.78, 5) is 12.4. The number of benzene rings is 2. The summed E-state index contributed by atoms with van der Waals surface area (Å²) in [5, 5.41) is 0.0181. The summed E-state index contributed by atoms with van der Waals surface area (Å²) >= 11 is 1.10. The maximum atomic E-state index is 13.1. The smallest absolute Gasteiger partial charge is 0.416 e. The molecule has 0 saturated heterocycles. The fraction of sp³-hybridized carbons (Fsp3) is 0.250. The molecule has 2 aromatic rings. The number of carbonyl (C=O) groups is 1. The van der Waals surface area contributed by atoms with Gasteiger partial charge in [-0.05, 0) is 35.9 Å². The van der Waals surface area contributed by atoms with Crippen LogP contribution >= 0.6 is 11.8 Å². The summed E-state index contributed by atoms with van der Waals surface area (Å²) in [6.45, 7) is 1.10. The van der Waals surface area contributed by atoms with Gasteiger partial charge < -0.3 is 4.74 Å². The van der Waals surface area contributed by atoms with Gasteiger partial charge in [-0.2, -0.15) is 26.3 Å². The van der Waals surface area contributed by atoms with E-state index in [2.05, 4.69) is 0 Å². The normalized spacial score (nSPS) is 17.4. The third-order valence-corrected chi connectivity index (χ3v) is 5.42.